The van der Waals surface area contributed by atoms with Crippen LogP contribution in [0.15, 0.2) is 11.4 Å². The van der Waals surface area contributed by atoms with E-state index in [1.165, 1.54) is 10.4 Å². The van der Waals surface area contributed by atoms with Crippen molar-refractivity contribution < 1.29 is 9.59 Å². The van der Waals surface area contributed by atoms with Gasteiger partial charge in [-0.1, -0.05) is 0 Å². The first-order chi connectivity index (χ1) is 10.2. The van der Waals surface area contributed by atoms with E-state index in [0.29, 0.717) is 13.1 Å². The highest BCUT2D eigenvalue weighted by molar-refractivity contribution is 7.10. The largest absolute Gasteiger partial charge is 0.357 e. The van der Waals surface area contributed by atoms with Crippen LogP contribution in [0.4, 0.5) is 0 Å². The van der Waals surface area contributed by atoms with Gasteiger partial charge in [0.25, 0.3) is 0 Å². The standard InChI is InChI=1S/C15H21N3O2S/c1-16-14(19)12-9-17-6-7-18(12)15(20)11-3-2-4-13-10(11)5-8-21-13/h5,8,11-12,17H,2-4,6-7,9H2,1H3,(H,16,19). The molecule has 2 N–H and O–H groups in total. The normalized spacial score (nSPS) is 25.3. The number of rotatable bonds is 2. The fourth-order valence-corrected chi connectivity index (χ4v) is 4.30. The van der Waals surface area contributed by atoms with Gasteiger partial charge in [-0.2, -0.15) is 0 Å². The summed E-state index contributed by atoms with van der Waals surface area (Å²) in [5, 5.41) is 7.94. The van der Waals surface area contributed by atoms with Gasteiger partial charge in [0.2, 0.25) is 11.8 Å². The third-order valence-electron chi connectivity index (χ3n) is 4.43. The van der Waals surface area contributed by atoms with Crippen molar-refractivity contribution in [3.05, 3.63) is 21.9 Å². The van der Waals surface area contributed by atoms with Crippen molar-refractivity contribution in [3.63, 3.8) is 0 Å². The molecule has 0 aromatic carbocycles. The Hall–Kier alpha value is -1.40. The Balaban J connectivity index is 1.82. The lowest BCUT2D eigenvalue weighted by atomic mass is 9.86. The number of carbonyl (C=O) groups excluding carboxylic acids is 2. The summed E-state index contributed by atoms with van der Waals surface area (Å²) < 4.78 is 0. The van der Waals surface area contributed by atoms with E-state index in [1.54, 1.807) is 23.3 Å². The van der Waals surface area contributed by atoms with E-state index in [2.05, 4.69) is 22.1 Å². The van der Waals surface area contributed by atoms with Crippen LogP contribution in [0.25, 0.3) is 0 Å². The quantitative estimate of drug-likeness (QED) is 0.846. The summed E-state index contributed by atoms with van der Waals surface area (Å²) >= 11 is 1.74. The van der Waals surface area contributed by atoms with Crippen LogP contribution in [0.1, 0.15) is 29.2 Å². The molecule has 0 radical (unpaired) electrons. The Morgan fingerprint density at radius 3 is 3.14 bits per heavy atom. The summed E-state index contributed by atoms with van der Waals surface area (Å²) in [5.41, 5.74) is 1.19. The lowest BCUT2D eigenvalue weighted by Crippen LogP contribution is -2.60. The van der Waals surface area contributed by atoms with Gasteiger partial charge in [0.1, 0.15) is 6.04 Å². The number of likely N-dealkylation sites (N-methyl/N-ethyl adjacent to an activating group) is 1. The monoisotopic (exact) mass is 307 g/mol. The molecule has 2 unspecified atom stereocenters. The SMILES string of the molecule is CNC(=O)C1CNCCN1C(=O)C1CCCc2sccc21. The maximum absolute atomic E-state index is 13.0. The summed E-state index contributed by atoms with van der Waals surface area (Å²) in [6.07, 6.45) is 3.03. The first-order valence-corrected chi connectivity index (χ1v) is 8.39. The van der Waals surface area contributed by atoms with E-state index in [0.717, 1.165) is 25.8 Å². The maximum atomic E-state index is 13.0. The molecule has 2 aliphatic rings. The van der Waals surface area contributed by atoms with Crippen molar-refractivity contribution in [3.8, 4) is 0 Å². The zero-order chi connectivity index (χ0) is 14.8. The number of hydrogen-bond acceptors (Lipinski definition) is 4. The molecule has 2 atom stereocenters. The lowest BCUT2D eigenvalue weighted by molar-refractivity contribution is -0.142. The van der Waals surface area contributed by atoms with Crippen molar-refractivity contribution in [1.82, 2.24) is 15.5 Å². The van der Waals surface area contributed by atoms with E-state index in [1.807, 2.05) is 0 Å². The number of amides is 2. The molecule has 1 aromatic rings. The number of carbonyl (C=O) groups is 2. The minimum atomic E-state index is -0.389. The highest BCUT2D eigenvalue weighted by Crippen LogP contribution is 2.36. The molecule has 1 aliphatic heterocycles. The zero-order valence-electron chi connectivity index (χ0n) is 12.2. The summed E-state index contributed by atoms with van der Waals surface area (Å²) in [5.74, 6) is -0.0355. The molecule has 1 fully saturated rings. The van der Waals surface area contributed by atoms with Crippen LogP contribution in [0.2, 0.25) is 0 Å². The number of piperazine rings is 1. The third kappa shape index (κ3) is 2.70. The molecule has 3 rings (SSSR count). The fraction of sp³-hybridized carbons (Fsp3) is 0.600. The predicted octanol–water partition coefficient (Wildman–Crippen LogP) is 0.714. The van der Waals surface area contributed by atoms with Crippen LogP contribution in [0.3, 0.4) is 0 Å². The summed E-state index contributed by atoms with van der Waals surface area (Å²) in [7, 11) is 1.62. The average Bonchev–Trinajstić information content (AvgIpc) is 3.02. The van der Waals surface area contributed by atoms with Gasteiger partial charge in [0, 0.05) is 31.6 Å². The Morgan fingerprint density at radius 2 is 2.33 bits per heavy atom. The van der Waals surface area contributed by atoms with Crippen molar-refractivity contribution in [2.45, 2.75) is 31.2 Å². The van der Waals surface area contributed by atoms with Gasteiger partial charge in [-0.05, 0) is 36.3 Å². The highest BCUT2D eigenvalue weighted by atomic mass is 32.1. The number of nitrogens with zero attached hydrogens (tertiary/aromatic N) is 1. The molecule has 1 saturated heterocycles. The van der Waals surface area contributed by atoms with Crippen molar-refractivity contribution in [2.24, 2.45) is 0 Å². The Labute approximate surface area is 128 Å². The van der Waals surface area contributed by atoms with Crippen molar-refractivity contribution >= 4 is 23.2 Å². The van der Waals surface area contributed by atoms with Crippen LogP contribution >= 0.6 is 11.3 Å². The predicted molar refractivity (Wildman–Crippen MR) is 82.4 cm³/mol. The molecule has 0 bridgehead atoms. The van der Waals surface area contributed by atoms with Gasteiger partial charge >= 0.3 is 0 Å². The van der Waals surface area contributed by atoms with Crippen molar-refractivity contribution in [1.29, 1.82) is 0 Å². The minimum Gasteiger partial charge on any atom is -0.357 e. The molecule has 21 heavy (non-hydrogen) atoms. The van der Waals surface area contributed by atoms with Gasteiger partial charge in [-0.3, -0.25) is 9.59 Å². The van der Waals surface area contributed by atoms with Crippen LogP contribution < -0.4 is 10.6 Å². The third-order valence-corrected chi connectivity index (χ3v) is 5.42. The first-order valence-electron chi connectivity index (χ1n) is 7.51. The summed E-state index contributed by atoms with van der Waals surface area (Å²) in [4.78, 5) is 28.1. The van der Waals surface area contributed by atoms with E-state index in [9.17, 15) is 9.59 Å². The maximum Gasteiger partial charge on any atom is 0.243 e. The second-order valence-electron chi connectivity index (χ2n) is 5.61. The smallest absolute Gasteiger partial charge is 0.243 e. The molecule has 1 aliphatic carbocycles. The number of nitrogens with one attached hydrogen (secondary N) is 2. The van der Waals surface area contributed by atoms with E-state index >= 15 is 0 Å². The van der Waals surface area contributed by atoms with Crippen LogP contribution in [-0.2, 0) is 16.0 Å². The van der Waals surface area contributed by atoms with E-state index in [-0.39, 0.29) is 23.8 Å². The molecule has 2 heterocycles. The average molecular weight is 307 g/mol. The molecular weight excluding hydrogens is 286 g/mol. The van der Waals surface area contributed by atoms with E-state index < -0.39 is 0 Å². The van der Waals surface area contributed by atoms with Gasteiger partial charge in [-0.25, -0.2) is 0 Å². The van der Waals surface area contributed by atoms with Crippen LogP contribution in [-0.4, -0.2) is 49.4 Å². The molecule has 1 aromatic heterocycles. The zero-order valence-corrected chi connectivity index (χ0v) is 13.0. The molecule has 0 saturated carbocycles. The number of thiophene rings is 1. The molecule has 114 valence electrons. The topological polar surface area (TPSA) is 61.4 Å². The Bertz CT molecular complexity index is 543. The molecule has 6 heteroatoms. The molecule has 2 amide bonds. The first kappa shape index (κ1) is 14.5. The minimum absolute atomic E-state index is 0.0646. The second kappa shape index (κ2) is 6.15. The van der Waals surface area contributed by atoms with Crippen LogP contribution in [0, 0.1) is 0 Å². The molecule has 5 nitrogen and oxygen atoms in total. The van der Waals surface area contributed by atoms with Crippen LogP contribution in [0.5, 0.6) is 0 Å². The molecular formula is C15H21N3O2S. The molecule has 0 spiro atoms. The van der Waals surface area contributed by atoms with Gasteiger partial charge in [-0.15, -0.1) is 11.3 Å². The van der Waals surface area contributed by atoms with Gasteiger partial charge < -0.3 is 15.5 Å². The fourth-order valence-electron chi connectivity index (χ4n) is 3.31. The van der Waals surface area contributed by atoms with Gasteiger partial charge in [0.05, 0.1) is 5.92 Å². The van der Waals surface area contributed by atoms with Crippen molar-refractivity contribution in [2.75, 3.05) is 26.7 Å². The number of hydrogen-bond donors (Lipinski definition) is 2. The highest BCUT2D eigenvalue weighted by Gasteiger charge is 2.37. The second-order valence-corrected chi connectivity index (χ2v) is 6.61. The number of aryl methyl sites for hydroxylation is 1. The van der Waals surface area contributed by atoms with E-state index in [4.69, 9.17) is 0 Å². The Morgan fingerprint density at radius 1 is 1.48 bits per heavy atom. The summed E-state index contributed by atoms with van der Waals surface area (Å²) in [6, 6.07) is 1.69. The summed E-state index contributed by atoms with van der Waals surface area (Å²) in [6.45, 7) is 1.89. The van der Waals surface area contributed by atoms with Gasteiger partial charge in [0.15, 0.2) is 0 Å². The number of fused-ring (bicyclic) bond motifs is 1. The lowest BCUT2D eigenvalue weighted by Gasteiger charge is -2.37. The Kier molecular flexibility index (Phi) is 4.26.